The van der Waals surface area contributed by atoms with Gasteiger partial charge in [-0.1, -0.05) is 0 Å². The Hall–Kier alpha value is -0.610. The maximum Gasteiger partial charge on any atom is 0.223 e. The Bertz CT molecular complexity index is 251. The summed E-state index contributed by atoms with van der Waals surface area (Å²) in [5, 5.41) is 12.0. The lowest BCUT2D eigenvalue weighted by Gasteiger charge is -2.15. The minimum absolute atomic E-state index is 0.0103. The lowest BCUT2D eigenvalue weighted by molar-refractivity contribution is -0.125. The average Bonchev–Trinajstić information content (AvgIpc) is 2.90. The molecule has 2 aliphatic carbocycles. The predicted octanol–water partition coefficient (Wildman–Crippen LogP) is 0.00250. The van der Waals surface area contributed by atoms with Gasteiger partial charge in [-0.3, -0.25) is 4.79 Å². The van der Waals surface area contributed by atoms with Gasteiger partial charge in [-0.2, -0.15) is 0 Å². The summed E-state index contributed by atoms with van der Waals surface area (Å²) in [5.41, 5.74) is 5.77. The molecule has 4 nitrogen and oxygen atoms in total. The number of aliphatic hydroxyl groups excluding tert-OH is 1. The third kappa shape index (κ3) is 2.49. The van der Waals surface area contributed by atoms with Gasteiger partial charge < -0.3 is 16.2 Å². The SMILES string of the molecule is NC1CCC(C(=O)NCC2(CO)CC2)C1. The number of carbonyl (C=O) groups is 1. The zero-order valence-electron chi connectivity index (χ0n) is 9.04. The third-order valence-electron chi connectivity index (χ3n) is 3.77. The first kappa shape index (κ1) is 10.9. The summed E-state index contributed by atoms with van der Waals surface area (Å²) in [6, 6.07) is 0.202. The summed E-state index contributed by atoms with van der Waals surface area (Å²) in [6.45, 7) is 0.825. The molecule has 15 heavy (non-hydrogen) atoms. The zero-order chi connectivity index (χ0) is 10.9. The van der Waals surface area contributed by atoms with Crippen LogP contribution in [0.5, 0.6) is 0 Å². The van der Waals surface area contributed by atoms with Gasteiger partial charge in [0, 0.05) is 23.9 Å². The lowest BCUT2D eigenvalue weighted by Crippen LogP contribution is -2.35. The molecule has 2 atom stereocenters. The van der Waals surface area contributed by atoms with Gasteiger partial charge in [0.2, 0.25) is 5.91 Å². The van der Waals surface area contributed by atoms with Crippen molar-refractivity contribution in [1.82, 2.24) is 5.32 Å². The highest BCUT2D eigenvalue weighted by Crippen LogP contribution is 2.44. The van der Waals surface area contributed by atoms with Crippen LogP contribution in [0.2, 0.25) is 0 Å². The minimum Gasteiger partial charge on any atom is -0.396 e. The van der Waals surface area contributed by atoms with Gasteiger partial charge in [0.25, 0.3) is 0 Å². The molecule has 2 unspecified atom stereocenters. The molecule has 0 saturated heterocycles. The number of carbonyl (C=O) groups excluding carboxylic acids is 1. The average molecular weight is 212 g/mol. The highest BCUT2D eigenvalue weighted by Gasteiger charge is 2.42. The lowest BCUT2D eigenvalue weighted by atomic mass is 10.1. The van der Waals surface area contributed by atoms with Gasteiger partial charge in [0.05, 0.1) is 6.61 Å². The standard InChI is InChI=1S/C11H20N2O2/c12-9-2-1-8(5-9)10(15)13-6-11(7-14)3-4-11/h8-9,14H,1-7,12H2,(H,13,15). The van der Waals surface area contributed by atoms with Gasteiger partial charge in [-0.25, -0.2) is 0 Å². The predicted molar refractivity (Wildman–Crippen MR) is 57.1 cm³/mol. The fourth-order valence-corrected chi connectivity index (χ4v) is 2.24. The molecular formula is C11H20N2O2. The van der Waals surface area contributed by atoms with Crippen LogP contribution in [0.1, 0.15) is 32.1 Å². The van der Waals surface area contributed by atoms with Gasteiger partial charge in [0.1, 0.15) is 0 Å². The molecule has 4 N–H and O–H groups in total. The van der Waals surface area contributed by atoms with Crippen molar-refractivity contribution in [3.05, 3.63) is 0 Å². The van der Waals surface area contributed by atoms with Crippen molar-refractivity contribution in [2.24, 2.45) is 17.1 Å². The molecule has 2 fully saturated rings. The second-order valence-electron chi connectivity index (χ2n) is 5.15. The van der Waals surface area contributed by atoms with E-state index in [2.05, 4.69) is 5.32 Å². The summed E-state index contributed by atoms with van der Waals surface area (Å²) in [7, 11) is 0. The molecule has 4 heteroatoms. The Morgan fingerprint density at radius 2 is 2.20 bits per heavy atom. The molecule has 0 aromatic rings. The number of hydrogen-bond acceptors (Lipinski definition) is 3. The van der Waals surface area contributed by atoms with Crippen LogP contribution in [0.15, 0.2) is 0 Å². The Morgan fingerprint density at radius 1 is 1.47 bits per heavy atom. The molecule has 0 aromatic heterocycles. The first-order chi connectivity index (χ1) is 7.15. The molecular weight excluding hydrogens is 192 g/mol. The highest BCUT2D eigenvalue weighted by atomic mass is 16.3. The van der Waals surface area contributed by atoms with Crippen LogP contribution in [-0.4, -0.2) is 30.2 Å². The number of hydrogen-bond donors (Lipinski definition) is 3. The van der Waals surface area contributed by atoms with E-state index in [0.29, 0.717) is 6.54 Å². The molecule has 0 heterocycles. The summed E-state index contributed by atoms with van der Waals surface area (Å²) in [4.78, 5) is 11.7. The first-order valence-corrected chi connectivity index (χ1v) is 5.79. The van der Waals surface area contributed by atoms with Crippen LogP contribution in [0.25, 0.3) is 0 Å². The number of amides is 1. The minimum atomic E-state index is 0.0103. The van der Waals surface area contributed by atoms with Crippen molar-refractivity contribution in [2.45, 2.75) is 38.1 Å². The molecule has 0 bridgehead atoms. The van der Waals surface area contributed by atoms with E-state index in [4.69, 9.17) is 10.8 Å². The quantitative estimate of drug-likeness (QED) is 0.614. The Balaban J connectivity index is 1.73. The second-order valence-corrected chi connectivity index (χ2v) is 5.15. The third-order valence-corrected chi connectivity index (χ3v) is 3.77. The Morgan fingerprint density at radius 3 is 2.67 bits per heavy atom. The molecule has 1 amide bonds. The van der Waals surface area contributed by atoms with E-state index in [1.54, 1.807) is 0 Å². The molecule has 0 spiro atoms. The van der Waals surface area contributed by atoms with Gasteiger partial charge in [-0.15, -0.1) is 0 Å². The Labute approximate surface area is 90.2 Å². The zero-order valence-corrected chi connectivity index (χ0v) is 9.04. The number of aliphatic hydroxyl groups is 1. The van der Waals surface area contributed by atoms with Crippen molar-refractivity contribution in [3.8, 4) is 0 Å². The van der Waals surface area contributed by atoms with E-state index < -0.39 is 0 Å². The molecule has 0 radical (unpaired) electrons. The summed E-state index contributed by atoms with van der Waals surface area (Å²) < 4.78 is 0. The highest BCUT2D eigenvalue weighted by molar-refractivity contribution is 5.79. The number of rotatable bonds is 4. The summed E-state index contributed by atoms with van der Waals surface area (Å²) in [6.07, 6.45) is 4.77. The maximum absolute atomic E-state index is 11.7. The van der Waals surface area contributed by atoms with Crippen molar-refractivity contribution in [3.63, 3.8) is 0 Å². The smallest absolute Gasteiger partial charge is 0.223 e. The fourth-order valence-electron chi connectivity index (χ4n) is 2.24. The van der Waals surface area contributed by atoms with E-state index in [-0.39, 0.29) is 29.9 Å². The topological polar surface area (TPSA) is 75.4 Å². The fraction of sp³-hybridized carbons (Fsp3) is 0.909. The molecule has 2 saturated carbocycles. The van der Waals surface area contributed by atoms with Crippen LogP contribution in [0.3, 0.4) is 0 Å². The maximum atomic E-state index is 11.7. The molecule has 2 aliphatic rings. The first-order valence-electron chi connectivity index (χ1n) is 5.79. The number of nitrogens with one attached hydrogen (secondary N) is 1. The van der Waals surface area contributed by atoms with E-state index in [0.717, 1.165) is 32.1 Å². The molecule has 0 aliphatic heterocycles. The van der Waals surface area contributed by atoms with Gasteiger partial charge in [0.15, 0.2) is 0 Å². The second kappa shape index (κ2) is 4.10. The van der Waals surface area contributed by atoms with E-state index in [1.165, 1.54) is 0 Å². The summed E-state index contributed by atoms with van der Waals surface area (Å²) in [5.74, 6) is 0.233. The van der Waals surface area contributed by atoms with Crippen LogP contribution in [0.4, 0.5) is 0 Å². The molecule has 86 valence electrons. The van der Waals surface area contributed by atoms with Crippen LogP contribution >= 0.6 is 0 Å². The van der Waals surface area contributed by atoms with Crippen molar-refractivity contribution < 1.29 is 9.90 Å². The summed E-state index contributed by atoms with van der Waals surface area (Å²) >= 11 is 0. The Kier molecular flexibility index (Phi) is 2.98. The van der Waals surface area contributed by atoms with Gasteiger partial charge >= 0.3 is 0 Å². The molecule has 2 rings (SSSR count). The largest absolute Gasteiger partial charge is 0.396 e. The van der Waals surface area contributed by atoms with Crippen LogP contribution < -0.4 is 11.1 Å². The van der Waals surface area contributed by atoms with E-state index in [1.807, 2.05) is 0 Å². The van der Waals surface area contributed by atoms with Crippen molar-refractivity contribution in [2.75, 3.05) is 13.2 Å². The van der Waals surface area contributed by atoms with Crippen molar-refractivity contribution >= 4 is 5.91 Å². The molecule has 0 aromatic carbocycles. The van der Waals surface area contributed by atoms with Crippen LogP contribution in [-0.2, 0) is 4.79 Å². The van der Waals surface area contributed by atoms with E-state index >= 15 is 0 Å². The van der Waals surface area contributed by atoms with Crippen LogP contribution in [0, 0.1) is 11.3 Å². The number of nitrogens with two attached hydrogens (primary N) is 1. The monoisotopic (exact) mass is 212 g/mol. The van der Waals surface area contributed by atoms with E-state index in [9.17, 15) is 4.79 Å². The normalized spacial score (nSPS) is 32.7. The van der Waals surface area contributed by atoms with Gasteiger partial charge in [-0.05, 0) is 32.1 Å². The van der Waals surface area contributed by atoms with Crippen molar-refractivity contribution in [1.29, 1.82) is 0 Å².